The van der Waals surface area contributed by atoms with Crippen molar-refractivity contribution in [1.29, 1.82) is 0 Å². The molecular formula is C13H20N2O2. The van der Waals surface area contributed by atoms with Gasteiger partial charge in [-0.2, -0.15) is 0 Å². The molecule has 0 radical (unpaired) electrons. The van der Waals surface area contributed by atoms with Crippen molar-refractivity contribution in [3.63, 3.8) is 0 Å². The first-order chi connectivity index (χ1) is 7.97. The minimum Gasteiger partial charge on any atom is -0.382 e. The fraction of sp³-hybridized carbons (Fsp3) is 0.462. The topological polar surface area (TPSA) is 55.6 Å². The summed E-state index contributed by atoms with van der Waals surface area (Å²) in [5, 5.41) is 0. The zero-order chi connectivity index (χ0) is 12.9. The molecule has 4 nitrogen and oxygen atoms in total. The highest BCUT2D eigenvalue weighted by Gasteiger charge is 2.31. The average Bonchev–Trinajstić information content (AvgIpc) is 2.29. The minimum absolute atomic E-state index is 0.122. The number of hydrogen-bond acceptors (Lipinski definition) is 3. The van der Waals surface area contributed by atoms with Crippen LogP contribution in [-0.4, -0.2) is 37.1 Å². The predicted octanol–water partition coefficient (Wildman–Crippen LogP) is 1.01. The van der Waals surface area contributed by atoms with Crippen molar-refractivity contribution in [2.45, 2.75) is 19.0 Å². The Morgan fingerprint density at radius 2 is 2.00 bits per heavy atom. The van der Waals surface area contributed by atoms with E-state index in [1.165, 1.54) is 7.11 Å². The molecule has 4 heteroatoms. The summed E-state index contributed by atoms with van der Waals surface area (Å²) in [5.41, 5.74) is 6.02. The molecule has 1 unspecified atom stereocenters. The van der Waals surface area contributed by atoms with Crippen molar-refractivity contribution >= 4 is 5.91 Å². The molecule has 1 atom stereocenters. The first-order valence-electron chi connectivity index (χ1n) is 5.54. The maximum absolute atomic E-state index is 12.1. The highest BCUT2D eigenvalue weighted by atomic mass is 16.5. The van der Waals surface area contributed by atoms with Gasteiger partial charge in [0.05, 0.1) is 6.61 Å². The van der Waals surface area contributed by atoms with Gasteiger partial charge >= 0.3 is 0 Å². The summed E-state index contributed by atoms with van der Waals surface area (Å²) >= 11 is 0. The Labute approximate surface area is 102 Å². The van der Waals surface area contributed by atoms with Gasteiger partial charge in [-0.15, -0.1) is 0 Å². The van der Waals surface area contributed by atoms with Crippen LogP contribution >= 0.6 is 0 Å². The lowest BCUT2D eigenvalue weighted by atomic mass is 10.0. The molecule has 0 bridgehead atoms. The number of benzene rings is 1. The van der Waals surface area contributed by atoms with E-state index in [1.807, 2.05) is 30.3 Å². The maximum Gasteiger partial charge on any atom is 0.244 e. The number of carbonyl (C=O) groups is 1. The van der Waals surface area contributed by atoms with Crippen LogP contribution in [0.5, 0.6) is 0 Å². The number of ether oxygens (including phenoxy) is 1. The zero-order valence-corrected chi connectivity index (χ0v) is 10.6. The summed E-state index contributed by atoms with van der Waals surface area (Å²) in [4.78, 5) is 13.7. The van der Waals surface area contributed by atoms with E-state index in [-0.39, 0.29) is 12.5 Å². The molecule has 1 aromatic carbocycles. The average molecular weight is 236 g/mol. The summed E-state index contributed by atoms with van der Waals surface area (Å²) in [6.45, 7) is 2.45. The van der Waals surface area contributed by atoms with Crippen LogP contribution in [0.3, 0.4) is 0 Å². The van der Waals surface area contributed by atoms with Crippen molar-refractivity contribution in [1.82, 2.24) is 4.90 Å². The summed E-state index contributed by atoms with van der Waals surface area (Å²) in [7, 11) is 3.28. The van der Waals surface area contributed by atoms with E-state index in [9.17, 15) is 4.79 Å². The van der Waals surface area contributed by atoms with E-state index in [1.54, 1.807) is 18.9 Å². The number of carbonyl (C=O) groups excluding carboxylic acids is 1. The van der Waals surface area contributed by atoms with Crippen LogP contribution in [0.15, 0.2) is 30.3 Å². The number of methoxy groups -OCH3 is 1. The number of hydrogen-bond donors (Lipinski definition) is 1. The van der Waals surface area contributed by atoms with Crippen LogP contribution in [0.25, 0.3) is 0 Å². The molecule has 0 aliphatic heterocycles. The first-order valence-corrected chi connectivity index (χ1v) is 5.54. The smallest absolute Gasteiger partial charge is 0.244 e. The molecule has 17 heavy (non-hydrogen) atoms. The molecule has 0 aromatic heterocycles. The van der Waals surface area contributed by atoms with Crippen LogP contribution in [0.2, 0.25) is 0 Å². The lowest BCUT2D eigenvalue weighted by molar-refractivity contribution is -0.137. The molecular weight excluding hydrogens is 216 g/mol. The summed E-state index contributed by atoms with van der Waals surface area (Å²) < 4.78 is 4.96. The van der Waals surface area contributed by atoms with Crippen LogP contribution in [-0.2, 0) is 16.1 Å². The van der Waals surface area contributed by atoms with Crippen LogP contribution in [0.4, 0.5) is 0 Å². The van der Waals surface area contributed by atoms with Crippen LogP contribution in [0, 0.1) is 0 Å². The largest absolute Gasteiger partial charge is 0.382 e. The second-order valence-corrected chi connectivity index (χ2v) is 4.50. The molecule has 1 rings (SSSR count). The molecule has 2 N–H and O–H groups in total. The summed E-state index contributed by atoms with van der Waals surface area (Å²) in [5.74, 6) is -0.122. The molecule has 1 aromatic rings. The summed E-state index contributed by atoms with van der Waals surface area (Å²) in [6, 6.07) is 9.81. The van der Waals surface area contributed by atoms with Gasteiger partial charge in [0, 0.05) is 20.7 Å². The quantitative estimate of drug-likeness (QED) is 0.830. The van der Waals surface area contributed by atoms with E-state index >= 15 is 0 Å². The maximum atomic E-state index is 12.1. The normalized spacial score (nSPS) is 14.1. The highest BCUT2D eigenvalue weighted by molar-refractivity contribution is 5.85. The van der Waals surface area contributed by atoms with Crippen LogP contribution in [0.1, 0.15) is 12.5 Å². The molecule has 0 fully saturated rings. The van der Waals surface area contributed by atoms with E-state index in [2.05, 4.69) is 0 Å². The lowest BCUT2D eigenvalue weighted by Crippen LogP contribution is -2.54. The lowest BCUT2D eigenvalue weighted by Gasteiger charge is -2.28. The van der Waals surface area contributed by atoms with Crippen molar-refractivity contribution < 1.29 is 9.53 Å². The third-order valence-corrected chi connectivity index (χ3v) is 2.54. The van der Waals surface area contributed by atoms with Gasteiger partial charge < -0.3 is 15.4 Å². The van der Waals surface area contributed by atoms with Gasteiger partial charge in [0.1, 0.15) is 5.54 Å². The molecule has 0 saturated heterocycles. The van der Waals surface area contributed by atoms with E-state index in [4.69, 9.17) is 10.5 Å². The van der Waals surface area contributed by atoms with Gasteiger partial charge in [-0.25, -0.2) is 0 Å². The predicted molar refractivity (Wildman–Crippen MR) is 67.4 cm³/mol. The molecule has 0 saturated carbocycles. The Bertz CT molecular complexity index is 363. The number of nitrogens with two attached hydrogens (primary N) is 1. The molecule has 0 aliphatic carbocycles. The standard InChI is InChI=1S/C13H20N2O2/c1-13(14,10-17-3)12(16)15(2)9-11-7-5-4-6-8-11/h4-8H,9-10,14H2,1-3H3. The Morgan fingerprint density at radius 3 is 2.53 bits per heavy atom. The molecule has 94 valence electrons. The third kappa shape index (κ3) is 3.84. The van der Waals surface area contributed by atoms with Gasteiger partial charge in [-0.1, -0.05) is 30.3 Å². The Morgan fingerprint density at radius 1 is 1.41 bits per heavy atom. The summed E-state index contributed by atoms with van der Waals surface area (Å²) in [6.07, 6.45) is 0. The van der Waals surface area contributed by atoms with Crippen molar-refractivity contribution in [3.05, 3.63) is 35.9 Å². The monoisotopic (exact) mass is 236 g/mol. The van der Waals surface area contributed by atoms with Gasteiger partial charge in [0.2, 0.25) is 5.91 Å². The number of rotatable bonds is 5. The fourth-order valence-corrected chi connectivity index (χ4v) is 1.73. The second-order valence-electron chi connectivity index (χ2n) is 4.50. The first kappa shape index (κ1) is 13.7. The van der Waals surface area contributed by atoms with E-state index in [0.29, 0.717) is 6.54 Å². The van der Waals surface area contributed by atoms with Crippen molar-refractivity contribution in [2.75, 3.05) is 20.8 Å². The van der Waals surface area contributed by atoms with Gasteiger partial charge in [-0.3, -0.25) is 4.79 Å². The molecule has 0 spiro atoms. The third-order valence-electron chi connectivity index (χ3n) is 2.54. The van der Waals surface area contributed by atoms with Crippen molar-refractivity contribution in [3.8, 4) is 0 Å². The Kier molecular flexibility index (Phi) is 4.66. The fourth-order valence-electron chi connectivity index (χ4n) is 1.73. The van der Waals surface area contributed by atoms with E-state index in [0.717, 1.165) is 5.56 Å². The van der Waals surface area contributed by atoms with Gasteiger partial charge in [-0.05, 0) is 12.5 Å². The zero-order valence-electron chi connectivity index (χ0n) is 10.6. The highest BCUT2D eigenvalue weighted by Crippen LogP contribution is 2.09. The van der Waals surface area contributed by atoms with E-state index < -0.39 is 5.54 Å². The minimum atomic E-state index is -0.974. The molecule has 0 heterocycles. The van der Waals surface area contributed by atoms with Gasteiger partial charge in [0.15, 0.2) is 0 Å². The Balaban J connectivity index is 2.65. The van der Waals surface area contributed by atoms with Crippen molar-refractivity contribution in [2.24, 2.45) is 5.73 Å². The van der Waals surface area contributed by atoms with Gasteiger partial charge in [0.25, 0.3) is 0 Å². The number of amides is 1. The molecule has 1 amide bonds. The van der Waals surface area contributed by atoms with Crippen LogP contribution < -0.4 is 5.73 Å². The Hall–Kier alpha value is -1.39. The number of likely N-dealkylation sites (N-methyl/N-ethyl adjacent to an activating group) is 1. The SMILES string of the molecule is COCC(C)(N)C(=O)N(C)Cc1ccccc1. The number of nitrogens with zero attached hydrogens (tertiary/aromatic N) is 1. The molecule has 0 aliphatic rings. The second kappa shape index (κ2) is 5.80.